The van der Waals surface area contributed by atoms with Crippen molar-refractivity contribution in [2.75, 3.05) is 6.54 Å². The molecule has 1 saturated carbocycles. The normalized spacial score (nSPS) is 21.3. The zero-order chi connectivity index (χ0) is 15.5. The summed E-state index contributed by atoms with van der Waals surface area (Å²) in [4.78, 5) is 12.6. The van der Waals surface area contributed by atoms with E-state index in [0.29, 0.717) is 23.9 Å². The topological polar surface area (TPSA) is 55.1 Å². The van der Waals surface area contributed by atoms with Crippen LogP contribution in [0.4, 0.5) is 0 Å². The van der Waals surface area contributed by atoms with Crippen molar-refractivity contribution in [1.82, 2.24) is 5.32 Å². The molecule has 1 aliphatic rings. The van der Waals surface area contributed by atoms with Crippen LogP contribution in [0, 0.1) is 11.3 Å². The average molecular weight is 345 g/mol. The molecule has 0 saturated heterocycles. The van der Waals surface area contributed by atoms with E-state index in [0.717, 1.165) is 24.8 Å². The van der Waals surface area contributed by atoms with Crippen LogP contribution in [-0.4, -0.2) is 18.5 Å². The molecule has 22 heavy (non-hydrogen) atoms. The van der Waals surface area contributed by atoms with Gasteiger partial charge in [-0.2, -0.15) is 0 Å². The van der Waals surface area contributed by atoms with Crippen LogP contribution in [0.15, 0.2) is 24.3 Å². The Labute approximate surface area is 144 Å². The summed E-state index contributed by atoms with van der Waals surface area (Å²) in [5, 5.41) is 3.91. The van der Waals surface area contributed by atoms with Gasteiger partial charge < -0.3 is 11.1 Å². The highest BCUT2D eigenvalue weighted by molar-refractivity contribution is 6.30. The van der Waals surface area contributed by atoms with Crippen LogP contribution in [0.5, 0.6) is 0 Å². The van der Waals surface area contributed by atoms with Gasteiger partial charge in [0.1, 0.15) is 0 Å². The lowest BCUT2D eigenvalue weighted by atomic mass is 9.84. The van der Waals surface area contributed by atoms with Crippen LogP contribution in [0.1, 0.15) is 38.7 Å². The quantitative estimate of drug-likeness (QED) is 0.857. The van der Waals surface area contributed by atoms with Gasteiger partial charge in [0.15, 0.2) is 0 Å². The number of hydrogen-bond acceptors (Lipinski definition) is 2. The van der Waals surface area contributed by atoms with Crippen LogP contribution >= 0.6 is 24.0 Å². The molecular formula is C17H26Cl2N2O. The maximum Gasteiger partial charge on any atom is 0.226 e. The van der Waals surface area contributed by atoms with Crippen molar-refractivity contribution in [3.05, 3.63) is 34.9 Å². The molecule has 2 atom stereocenters. The highest BCUT2D eigenvalue weighted by Gasteiger charge is 2.33. The predicted octanol–water partition coefficient (Wildman–Crippen LogP) is 3.57. The lowest BCUT2D eigenvalue weighted by molar-refractivity contribution is -0.130. The second kappa shape index (κ2) is 8.19. The first-order valence-corrected chi connectivity index (χ1v) is 8.05. The first kappa shape index (κ1) is 19.3. The minimum atomic E-state index is -0.452. The lowest BCUT2D eigenvalue weighted by Gasteiger charge is -2.28. The summed E-state index contributed by atoms with van der Waals surface area (Å²) >= 11 is 6.01. The molecule has 1 fully saturated rings. The fourth-order valence-electron chi connectivity index (χ4n) is 3.11. The molecule has 2 rings (SSSR count). The van der Waals surface area contributed by atoms with Crippen molar-refractivity contribution in [3.8, 4) is 0 Å². The van der Waals surface area contributed by atoms with Gasteiger partial charge in [0.2, 0.25) is 5.91 Å². The van der Waals surface area contributed by atoms with Crippen molar-refractivity contribution < 1.29 is 4.79 Å². The molecule has 3 nitrogen and oxygen atoms in total. The molecule has 0 aromatic heterocycles. The van der Waals surface area contributed by atoms with E-state index in [9.17, 15) is 4.79 Å². The van der Waals surface area contributed by atoms with E-state index in [4.69, 9.17) is 17.3 Å². The van der Waals surface area contributed by atoms with E-state index in [1.807, 2.05) is 38.1 Å². The highest BCUT2D eigenvalue weighted by Crippen LogP contribution is 2.28. The van der Waals surface area contributed by atoms with Crippen LogP contribution < -0.4 is 11.1 Å². The van der Waals surface area contributed by atoms with Gasteiger partial charge in [0.05, 0.1) is 0 Å². The van der Waals surface area contributed by atoms with E-state index in [2.05, 4.69) is 5.32 Å². The minimum Gasteiger partial charge on any atom is -0.353 e. The summed E-state index contributed by atoms with van der Waals surface area (Å²) in [5.74, 6) is 0.531. The van der Waals surface area contributed by atoms with E-state index < -0.39 is 5.41 Å². The lowest BCUT2D eigenvalue weighted by Crippen LogP contribution is -2.46. The number of carbonyl (C=O) groups is 1. The van der Waals surface area contributed by atoms with Crippen molar-refractivity contribution >= 4 is 29.9 Å². The first-order chi connectivity index (χ1) is 9.92. The molecule has 2 unspecified atom stereocenters. The van der Waals surface area contributed by atoms with E-state index in [1.54, 1.807) is 0 Å². The molecule has 1 aromatic carbocycles. The van der Waals surface area contributed by atoms with Gasteiger partial charge in [-0.25, -0.2) is 0 Å². The molecule has 124 valence electrons. The molecule has 5 heteroatoms. The summed E-state index contributed by atoms with van der Waals surface area (Å²) in [7, 11) is 0. The second-order valence-electron chi connectivity index (χ2n) is 6.70. The van der Waals surface area contributed by atoms with Gasteiger partial charge >= 0.3 is 0 Å². The SMILES string of the molecule is CC(C)(Cc1cccc(Cl)c1)C(=O)NC1CCCC1CN.Cl. The molecule has 0 heterocycles. The highest BCUT2D eigenvalue weighted by atomic mass is 35.5. The molecule has 1 aliphatic carbocycles. The smallest absolute Gasteiger partial charge is 0.226 e. The Balaban J connectivity index is 0.00000242. The van der Waals surface area contributed by atoms with E-state index in [-0.39, 0.29) is 24.4 Å². The largest absolute Gasteiger partial charge is 0.353 e. The summed E-state index contributed by atoms with van der Waals surface area (Å²) < 4.78 is 0. The number of halogens is 2. The fourth-order valence-corrected chi connectivity index (χ4v) is 3.32. The standard InChI is InChI=1S/C17H25ClN2O.ClH/c1-17(2,10-12-5-3-7-14(18)9-12)16(21)20-15-8-4-6-13(15)11-19;/h3,5,7,9,13,15H,4,6,8,10-11,19H2,1-2H3,(H,20,21);1H. The third-order valence-electron chi connectivity index (χ3n) is 4.43. The molecule has 0 aliphatic heterocycles. The number of rotatable bonds is 5. The molecular weight excluding hydrogens is 319 g/mol. The van der Waals surface area contributed by atoms with Crippen molar-refractivity contribution in [1.29, 1.82) is 0 Å². The molecule has 1 aromatic rings. The third kappa shape index (κ3) is 4.87. The van der Waals surface area contributed by atoms with Gasteiger partial charge in [-0.1, -0.05) is 44.0 Å². The zero-order valence-corrected chi connectivity index (χ0v) is 14.8. The average Bonchev–Trinajstić information content (AvgIpc) is 2.85. The summed E-state index contributed by atoms with van der Waals surface area (Å²) in [6.45, 7) is 4.62. The summed E-state index contributed by atoms with van der Waals surface area (Å²) in [6, 6.07) is 7.95. The Kier molecular flexibility index (Phi) is 7.17. The molecule has 3 N–H and O–H groups in total. The number of benzene rings is 1. The van der Waals surface area contributed by atoms with Gasteiger partial charge in [-0.15, -0.1) is 12.4 Å². The number of hydrogen-bond donors (Lipinski definition) is 2. The van der Waals surface area contributed by atoms with Crippen molar-refractivity contribution in [2.45, 2.75) is 45.6 Å². The van der Waals surface area contributed by atoms with Crippen molar-refractivity contribution in [3.63, 3.8) is 0 Å². The number of amides is 1. The Bertz CT molecular complexity index is 505. The van der Waals surface area contributed by atoms with Crippen molar-refractivity contribution in [2.24, 2.45) is 17.1 Å². The Hall–Kier alpha value is -0.770. The number of nitrogens with two attached hydrogens (primary N) is 1. The van der Waals surface area contributed by atoms with Gasteiger partial charge in [0, 0.05) is 16.5 Å². The third-order valence-corrected chi connectivity index (χ3v) is 4.66. The van der Waals surface area contributed by atoms with Gasteiger partial charge in [-0.3, -0.25) is 4.79 Å². The minimum absolute atomic E-state index is 0. The Morgan fingerprint density at radius 1 is 1.41 bits per heavy atom. The maximum absolute atomic E-state index is 12.6. The Morgan fingerprint density at radius 3 is 2.77 bits per heavy atom. The zero-order valence-electron chi connectivity index (χ0n) is 13.3. The van der Waals surface area contributed by atoms with Crippen LogP contribution in [0.3, 0.4) is 0 Å². The Morgan fingerprint density at radius 2 is 2.14 bits per heavy atom. The van der Waals surface area contributed by atoms with E-state index >= 15 is 0 Å². The fraction of sp³-hybridized carbons (Fsp3) is 0.588. The molecule has 0 radical (unpaired) electrons. The number of carbonyl (C=O) groups excluding carboxylic acids is 1. The van der Waals surface area contributed by atoms with E-state index in [1.165, 1.54) is 0 Å². The van der Waals surface area contributed by atoms with Gasteiger partial charge in [0.25, 0.3) is 0 Å². The maximum atomic E-state index is 12.6. The second-order valence-corrected chi connectivity index (χ2v) is 7.13. The van der Waals surface area contributed by atoms with Gasteiger partial charge in [-0.05, 0) is 49.4 Å². The molecule has 1 amide bonds. The molecule has 0 bridgehead atoms. The summed E-state index contributed by atoms with van der Waals surface area (Å²) in [5.41, 5.74) is 6.42. The predicted molar refractivity (Wildman–Crippen MR) is 94.5 cm³/mol. The van der Waals surface area contributed by atoms with Crippen LogP contribution in [0.25, 0.3) is 0 Å². The molecule has 0 spiro atoms. The summed E-state index contributed by atoms with van der Waals surface area (Å²) in [6.07, 6.45) is 4.00. The number of nitrogens with one attached hydrogen (secondary N) is 1. The van der Waals surface area contributed by atoms with Crippen LogP contribution in [-0.2, 0) is 11.2 Å². The monoisotopic (exact) mass is 344 g/mol. The van der Waals surface area contributed by atoms with Crippen LogP contribution in [0.2, 0.25) is 5.02 Å². The first-order valence-electron chi connectivity index (χ1n) is 7.68.